The molecule has 0 unspecified atom stereocenters. The summed E-state index contributed by atoms with van der Waals surface area (Å²) in [5, 5.41) is 7.95. The molecule has 23 heavy (non-hydrogen) atoms. The highest BCUT2D eigenvalue weighted by Gasteiger charge is 2.13. The van der Waals surface area contributed by atoms with E-state index in [2.05, 4.69) is 28.4 Å². The Bertz CT molecular complexity index is 878. The third-order valence-corrected chi connectivity index (χ3v) is 4.98. The van der Waals surface area contributed by atoms with E-state index >= 15 is 0 Å². The minimum absolute atomic E-state index is 0.0107. The minimum atomic E-state index is -0.0107. The van der Waals surface area contributed by atoms with Crippen molar-refractivity contribution in [2.24, 2.45) is 7.05 Å². The Kier molecular flexibility index (Phi) is 4.17. The summed E-state index contributed by atoms with van der Waals surface area (Å²) in [5.74, 6) is -0.0107. The second-order valence-corrected chi connectivity index (χ2v) is 6.84. The fraction of sp³-hybridized carbons (Fsp3) is 0.353. The third kappa shape index (κ3) is 3.27. The largest absolute Gasteiger partial charge is 0.302 e. The highest BCUT2D eigenvalue weighted by molar-refractivity contribution is 7.22. The van der Waals surface area contributed by atoms with Crippen LogP contribution in [0.3, 0.4) is 0 Å². The lowest BCUT2D eigenvalue weighted by Crippen LogP contribution is -2.12. The molecule has 0 atom stereocenters. The lowest BCUT2D eigenvalue weighted by Gasteiger charge is -2.03. The van der Waals surface area contributed by atoms with Gasteiger partial charge >= 0.3 is 0 Å². The molecule has 1 amide bonds. The first-order valence-corrected chi connectivity index (χ1v) is 8.42. The molecular weight excluding hydrogens is 308 g/mol. The number of carbonyl (C=O) groups is 1. The van der Waals surface area contributed by atoms with Gasteiger partial charge in [0.2, 0.25) is 5.91 Å². The van der Waals surface area contributed by atoms with E-state index in [0.717, 1.165) is 27.2 Å². The second kappa shape index (κ2) is 6.12. The van der Waals surface area contributed by atoms with Crippen LogP contribution in [-0.2, 0) is 18.3 Å². The van der Waals surface area contributed by atoms with Crippen molar-refractivity contribution in [1.29, 1.82) is 0 Å². The van der Waals surface area contributed by atoms with Crippen LogP contribution in [0.1, 0.15) is 28.9 Å². The molecule has 0 saturated heterocycles. The van der Waals surface area contributed by atoms with Crippen molar-refractivity contribution in [3.63, 3.8) is 0 Å². The molecule has 0 aliphatic rings. The predicted molar refractivity (Wildman–Crippen MR) is 94.0 cm³/mol. The molecule has 2 heterocycles. The third-order valence-electron chi connectivity index (χ3n) is 4.05. The zero-order valence-electron chi connectivity index (χ0n) is 13.8. The van der Waals surface area contributed by atoms with Gasteiger partial charge in [-0.3, -0.25) is 9.48 Å². The fourth-order valence-corrected chi connectivity index (χ4v) is 3.67. The predicted octanol–water partition coefficient (Wildman–Crippen LogP) is 3.53. The van der Waals surface area contributed by atoms with E-state index < -0.39 is 0 Å². The summed E-state index contributed by atoms with van der Waals surface area (Å²) in [6.07, 6.45) is 1.13. The number of aryl methyl sites for hydroxylation is 3. The highest BCUT2D eigenvalue weighted by Crippen LogP contribution is 2.26. The maximum Gasteiger partial charge on any atom is 0.226 e. The first-order chi connectivity index (χ1) is 10.9. The van der Waals surface area contributed by atoms with Crippen molar-refractivity contribution in [3.05, 3.63) is 40.7 Å². The summed E-state index contributed by atoms with van der Waals surface area (Å²) in [6.45, 7) is 6.06. The topological polar surface area (TPSA) is 59.8 Å². The van der Waals surface area contributed by atoms with Gasteiger partial charge in [-0.2, -0.15) is 5.10 Å². The number of nitrogens with zero attached hydrogens (tertiary/aromatic N) is 3. The summed E-state index contributed by atoms with van der Waals surface area (Å²) >= 11 is 1.51. The summed E-state index contributed by atoms with van der Waals surface area (Å²) < 4.78 is 2.96. The van der Waals surface area contributed by atoms with Gasteiger partial charge in [0.25, 0.3) is 0 Å². The van der Waals surface area contributed by atoms with Crippen LogP contribution in [0.4, 0.5) is 5.13 Å². The molecule has 2 aromatic heterocycles. The van der Waals surface area contributed by atoms with E-state index in [1.54, 1.807) is 0 Å². The molecule has 0 radical (unpaired) electrons. The van der Waals surface area contributed by atoms with Crippen LogP contribution in [0.15, 0.2) is 18.2 Å². The van der Waals surface area contributed by atoms with E-state index in [-0.39, 0.29) is 5.91 Å². The van der Waals surface area contributed by atoms with Gasteiger partial charge in [0.05, 0.1) is 15.9 Å². The SMILES string of the molecule is Cc1ccc2nc(NC(=O)CCc3c(C)nn(C)c3C)sc2c1. The van der Waals surface area contributed by atoms with Gasteiger partial charge in [0.15, 0.2) is 5.13 Å². The van der Waals surface area contributed by atoms with Crippen LogP contribution in [0.5, 0.6) is 0 Å². The van der Waals surface area contributed by atoms with E-state index in [9.17, 15) is 4.79 Å². The number of hydrogen-bond donors (Lipinski definition) is 1. The number of thiazole rings is 1. The summed E-state index contributed by atoms with van der Waals surface area (Å²) in [5.41, 5.74) is 5.39. The average Bonchev–Trinajstić information content (AvgIpc) is 2.98. The maximum absolute atomic E-state index is 12.2. The molecule has 120 valence electrons. The molecule has 1 N–H and O–H groups in total. The Morgan fingerprint density at radius 2 is 2.09 bits per heavy atom. The molecule has 0 aliphatic carbocycles. The number of hydrogen-bond acceptors (Lipinski definition) is 4. The molecule has 5 nitrogen and oxygen atoms in total. The Morgan fingerprint density at radius 1 is 1.30 bits per heavy atom. The fourth-order valence-electron chi connectivity index (χ4n) is 2.68. The van der Waals surface area contributed by atoms with Crippen LogP contribution >= 0.6 is 11.3 Å². The van der Waals surface area contributed by atoms with Gasteiger partial charge in [-0.25, -0.2) is 4.98 Å². The van der Waals surface area contributed by atoms with Crippen molar-refractivity contribution < 1.29 is 4.79 Å². The standard InChI is InChI=1S/C17H20N4OS/c1-10-5-7-14-15(9-10)23-17(18-14)19-16(22)8-6-13-11(2)20-21(4)12(13)3/h5,7,9H,6,8H2,1-4H3,(H,18,19,22). The van der Waals surface area contributed by atoms with Gasteiger partial charge < -0.3 is 5.32 Å². The normalized spacial score (nSPS) is 11.1. The van der Waals surface area contributed by atoms with Gasteiger partial charge in [-0.1, -0.05) is 17.4 Å². The summed E-state index contributed by atoms with van der Waals surface area (Å²) in [4.78, 5) is 16.6. The first-order valence-electron chi connectivity index (χ1n) is 7.60. The molecule has 1 aromatic carbocycles. The number of amides is 1. The van der Waals surface area contributed by atoms with Gasteiger partial charge in [0, 0.05) is 19.2 Å². The average molecular weight is 328 g/mol. The number of rotatable bonds is 4. The number of fused-ring (bicyclic) bond motifs is 1. The van der Waals surface area contributed by atoms with E-state index in [0.29, 0.717) is 18.0 Å². The molecule has 0 saturated carbocycles. The lowest BCUT2D eigenvalue weighted by atomic mass is 10.1. The number of aromatic nitrogens is 3. The number of carbonyl (C=O) groups excluding carboxylic acids is 1. The Balaban J connectivity index is 1.66. The van der Waals surface area contributed by atoms with E-state index in [4.69, 9.17) is 0 Å². The second-order valence-electron chi connectivity index (χ2n) is 5.81. The molecule has 3 rings (SSSR count). The lowest BCUT2D eigenvalue weighted by molar-refractivity contribution is -0.116. The number of anilines is 1. The molecule has 0 bridgehead atoms. The zero-order chi connectivity index (χ0) is 16.6. The van der Waals surface area contributed by atoms with Crippen LogP contribution in [0, 0.1) is 20.8 Å². The highest BCUT2D eigenvalue weighted by atomic mass is 32.1. The summed E-state index contributed by atoms with van der Waals surface area (Å²) in [6, 6.07) is 6.10. The molecule has 6 heteroatoms. The monoisotopic (exact) mass is 328 g/mol. The Labute approximate surface area is 139 Å². The molecule has 0 spiro atoms. The number of nitrogens with one attached hydrogen (secondary N) is 1. The van der Waals surface area contributed by atoms with Crippen molar-refractivity contribution in [1.82, 2.24) is 14.8 Å². The van der Waals surface area contributed by atoms with Crippen LogP contribution in [0.25, 0.3) is 10.2 Å². The summed E-state index contributed by atoms with van der Waals surface area (Å²) in [7, 11) is 1.93. The van der Waals surface area contributed by atoms with Crippen LogP contribution in [0.2, 0.25) is 0 Å². The minimum Gasteiger partial charge on any atom is -0.302 e. The van der Waals surface area contributed by atoms with Crippen molar-refractivity contribution >= 4 is 32.6 Å². The number of benzene rings is 1. The van der Waals surface area contributed by atoms with Crippen LogP contribution in [-0.4, -0.2) is 20.7 Å². The zero-order valence-corrected chi connectivity index (χ0v) is 14.6. The van der Waals surface area contributed by atoms with Crippen molar-refractivity contribution in [3.8, 4) is 0 Å². The first kappa shape index (κ1) is 15.7. The van der Waals surface area contributed by atoms with Gasteiger partial charge in [-0.15, -0.1) is 0 Å². The van der Waals surface area contributed by atoms with Crippen molar-refractivity contribution in [2.45, 2.75) is 33.6 Å². The van der Waals surface area contributed by atoms with Gasteiger partial charge in [-0.05, 0) is 50.5 Å². The quantitative estimate of drug-likeness (QED) is 0.797. The van der Waals surface area contributed by atoms with E-state index in [1.165, 1.54) is 16.9 Å². The molecule has 3 aromatic rings. The Morgan fingerprint density at radius 3 is 2.78 bits per heavy atom. The molecular formula is C17H20N4OS. The van der Waals surface area contributed by atoms with Gasteiger partial charge in [0.1, 0.15) is 0 Å². The molecule has 0 fully saturated rings. The maximum atomic E-state index is 12.2. The van der Waals surface area contributed by atoms with Crippen molar-refractivity contribution in [2.75, 3.05) is 5.32 Å². The van der Waals surface area contributed by atoms with E-state index in [1.807, 2.05) is 37.7 Å². The smallest absolute Gasteiger partial charge is 0.226 e. The molecule has 0 aliphatic heterocycles. The van der Waals surface area contributed by atoms with Crippen LogP contribution < -0.4 is 5.32 Å². The Hall–Kier alpha value is -2.21.